The second-order valence-corrected chi connectivity index (χ2v) is 9.79. The van der Waals surface area contributed by atoms with Crippen molar-refractivity contribution in [1.29, 1.82) is 0 Å². The van der Waals surface area contributed by atoms with Crippen molar-refractivity contribution in [2.75, 3.05) is 7.11 Å². The Balaban J connectivity index is 2.62. The summed E-state index contributed by atoms with van der Waals surface area (Å²) in [6.45, 7) is 6.58. The third-order valence-corrected chi connectivity index (χ3v) is 3.19. The van der Waals surface area contributed by atoms with Crippen molar-refractivity contribution in [3.05, 3.63) is 29.8 Å². The molecule has 0 aliphatic carbocycles. The number of rotatable bonds is 3. The van der Waals surface area contributed by atoms with E-state index in [-0.39, 0.29) is 0 Å². The minimum Gasteiger partial charge on any atom is -0.497 e. The largest absolute Gasteiger partial charge is 0.497 e. The summed E-state index contributed by atoms with van der Waals surface area (Å²) in [5.74, 6) is 3.88. The average molecular weight is 248 g/mol. The maximum Gasteiger partial charge on any atom is 0.129 e. The van der Waals surface area contributed by atoms with E-state index in [4.69, 9.17) is 4.74 Å². The van der Waals surface area contributed by atoms with Gasteiger partial charge in [-0.25, -0.2) is 0 Å². The van der Waals surface area contributed by atoms with E-state index in [0.717, 1.165) is 11.3 Å². The van der Waals surface area contributed by atoms with Gasteiger partial charge in [-0.1, -0.05) is 31.8 Å². The highest BCUT2D eigenvalue weighted by Crippen LogP contribution is 2.19. The molecule has 0 aliphatic rings. The van der Waals surface area contributed by atoms with Crippen LogP contribution in [0, 0.1) is 11.5 Å². The maximum absolute atomic E-state index is 9.95. The van der Waals surface area contributed by atoms with Crippen LogP contribution in [0.25, 0.3) is 0 Å². The number of hydrogen-bond acceptors (Lipinski definition) is 2. The summed E-state index contributed by atoms with van der Waals surface area (Å²) < 4.78 is 5.07. The van der Waals surface area contributed by atoms with Gasteiger partial charge in [0, 0.05) is 6.42 Å². The molecular formula is C14H20O2Si. The van der Waals surface area contributed by atoms with Crippen LogP contribution in [0.1, 0.15) is 18.1 Å². The van der Waals surface area contributed by atoms with Crippen molar-refractivity contribution in [1.82, 2.24) is 0 Å². The standard InChI is InChI=1S/C14H20O2Si/c1-16-13-9-7-12(8-10-13)14(15)6-5-11-17(2,3)4/h7-10,14-15H,6H2,1-4H3. The first kappa shape index (κ1) is 13.8. The fourth-order valence-electron chi connectivity index (χ4n) is 1.36. The van der Waals surface area contributed by atoms with Crippen LogP contribution in [0.4, 0.5) is 0 Å². The lowest BCUT2D eigenvalue weighted by atomic mass is 10.1. The number of aliphatic hydroxyl groups is 1. The molecule has 2 nitrogen and oxygen atoms in total. The van der Waals surface area contributed by atoms with Crippen LogP contribution in [0.2, 0.25) is 19.6 Å². The predicted molar refractivity (Wildman–Crippen MR) is 73.7 cm³/mol. The number of ether oxygens (including phenoxy) is 1. The number of hydrogen-bond donors (Lipinski definition) is 1. The quantitative estimate of drug-likeness (QED) is 0.658. The summed E-state index contributed by atoms with van der Waals surface area (Å²) >= 11 is 0. The van der Waals surface area contributed by atoms with Gasteiger partial charge in [-0.3, -0.25) is 0 Å². The molecule has 3 heteroatoms. The average Bonchev–Trinajstić information content (AvgIpc) is 2.27. The summed E-state index contributed by atoms with van der Waals surface area (Å²) in [7, 11) is 0.298. The smallest absolute Gasteiger partial charge is 0.129 e. The fourth-order valence-corrected chi connectivity index (χ4v) is 1.99. The van der Waals surface area contributed by atoms with Crippen LogP contribution in [-0.2, 0) is 0 Å². The molecule has 0 aliphatic heterocycles. The van der Waals surface area contributed by atoms with E-state index < -0.39 is 14.2 Å². The van der Waals surface area contributed by atoms with Crippen LogP contribution in [0.3, 0.4) is 0 Å². The lowest BCUT2D eigenvalue weighted by molar-refractivity contribution is 0.184. The number of benzene rings is 1. The lowest BCUT2D eigenvalue weighted by Gasteiger charge is -2.09. The van der Waals surface area contributed by atoms with E-state index >= 15 is 0 Å². The van der Waals surface area contributed by atoms with Gasteiger partial charge >= 0.3 is 0 Å². The molecule has 17 heavy (non-hydrogen) atoms. The Hall–Kier alpha value is -1.24. The van der Waals surface area contributed by atoms with E-state index in [1.165, 1.54) is 0 Å². The van der Waals surface area contributed by atoms with Gasteiger partial charge in [0.1, 0.15) is 13.8 Å². The molecule has 1 aromatic carbocycles. The summed E-state index contributed by atoms with van der Waals surface area (Å²) in [4.78, 5) is 0. The Bertz CT molecular complexity index is 407. The predicted octanol–water partition coefficient (Wildman–Crippen LogP) is 3.00. The van der Waals surface area contributed by atoms with Crippen LogP contribution < -0.4 is 4.74 Å². The zero-order valence-electron chi connectivity index (χ0n) is 10.9. The molecule has 0 saturated heterocycles. The highest BCUT2D eigenvalue weighted by Gasteiger charge is 2.09. The molecule has 0 fully saturated rings. The van der Waals surface area contributed by atoms with Crippen molar-refractivity contribution in [3.63, 3.8) is 0 Å². The van der Waals surface area contributed by atoms with E-state index in [0.29, 0.717) is 6.42 Å². The molecule has 0 saturated carbocycles. The van der Waals surface area contributed by atoms with Crippen LogP contribution in [-0.4, -0.2) is 20.3 Å². The Morgan fingerprint density at radius 2 is 1.82 bits per heavy atom. The van der Waals surface area contributed by atoms with E-state index in [2.05, 4.69) is 31.1 Å². The summed E-state index contributed by atoms with van der Waals surface area (Å²) in [6.07, 6.45) is -0.0129. The molecule has 1 unspecified atom stereocenters. The van der Waals surface area contributed by atoms with Gasteiger partial charge in [0.2, 0.25) is 0 Å². The second kappa shape index (κ2) is 5.90. The minimum atomic E-state index is -1.33. The highest BCUT2D eigenvalue weighted by molar-refractivity contribution is 6.83. The zero-order valence-corrected chi connectivity index (χ0v) is 11.9. The molecule has 1 aromatic rings. The van der Waals surface area contributed by atoms with Gasteiger partial charge in [0.25, 0.3) is 0 Å². The van der Waals surface area contributed by atoms with Gasteiger partial charge in [0.05, 0.1) is 13.2 Å². The Morgan fingerprint density at radius 1 is 1.24 bits per heavy atom. The van der Waals surface area contributed by atoms with Gasteiger partial charge in [0.15, 0.2) is 0 Å². The molecule has 0 aromatic heterocycles. The first-order valence-electron chi connectivity index (χ1n) is 5.74. The molecule has 0 amide bonds. The maximum atomic E-state index is 9.95. The van der Waals surface area contributed by atoms with Gasteiger partial charge in [-0.15, -0.1) is 11.5 Å². The van der Waals surface area contributed by atoms with Gasteiger partial charge in [-0.2, -0.15) is 0 Å². The summed E-state index contributed by atoms with van der Waals surface area (Å²) in [5, 5.41) is 9.95. The van der Waals surface area contributed by atoms with Crippen molar-refractivity contribution in [3.8, 4) is 17.2 Å². The molecule has 1 rings (SSSR count). The third-order valence-electron chi connectivity index (χ3n) is 2.26. The van der Waals surface area contributed by atoms with Crippen LogP contribution in [0.5, 0.6) is 5.75 Å². The zero-order chi connectivity index (χ0) is 12.9. The first-order valence-corrected chi connectivity index (χ1v) is 9.24. The minimum absolute atomic E-state index is 0.497. The summed E-state index contributed by atoms with van der Waals surface area (Å²) in [5.41, 5.74) is 4.13. The Kier molecular flexibility index (Phi) is 4.80. The SMILES string of the molecule is COc1ccc(C(O)CC#C[Si](C)(C)C)cc1. The Morgan fingerprint density at radius 3 is 2.29 bits per heavy atom. The molecule has 0 spiro atoms. The molecule has 0 bridgehead atoms. The third kappa shape index (κ3) is 5.07. The topological polar surface area (TPSA) is 29.5 Å². The molecular weight excluding hydrogens is 228 g/mol. The summed E-state index contributed by atoms with van der Waals surface area (Å²) in [6, 6.07) is 7.45. The normalized spacial score (nSPS) is 12.5. The van der Waals surface area contributed by atoms with E-state index in [1.54, 1.807) is 7.11 Å². The molecule has 1 atom stereocenters. The monoisotopic (exact) mass is 248 g/mol. The van der Waals surface area contributed by atoms with Crippen molar-refractivity contribution in [2.45, 2.75) is 32.2 Å². The lowest BCUT2D eigenvalue weighted by Crippen LogP contribution is -2.16. The second-order valence-electron chi connectivity index (χ2n) is 5.04. The first-order chi connectivity index (χ1) is 7.92. The van der Waals surface area contributed by atoms with Crippen molar-refractivity contribution >= 4 is 8.07 Å². The number of aliphatic hydroxyl groups excluding tert-OH is 1. The van der Waals surface area contributed by atoms with E-state index in [1.807, 2.05) is 24.3 Å². The van der Waals surface area contributed by atoms with Gasteiger partial charge < -0.3 is 9.84 Å². The van der Waals surface area contributed by atoms with Crippen LogP contribution in [0.15, 0.2) is 24.3 Å². The fraction of sp³-hybridized carbons (Fsp3) is 0.429. The van der Waals surface area contributed by atoms with Crippen LogP contribution >= 0.6 is 0 Å². The number of methoxy groups -OCH3 is 1. The Labute approximate surface area is 105 Å². The van der Waals surface area contributed by atoms with Crippen molar-refractivity contribution < 1.29 is 9.84 Å². The molecule has 92 valence electrons. The van der Waals surface area contributed by atoms with Gasteiger partial charge in [-0.05, 0) is 17.7 Å². The highest BCUT2D eigenvalue weighted by atomic mass is 28.3. The van der Waals surface area contributed by atoms with E-state index in [9.17, 15) is 5.11 Å². The molecule has 0 radical (unpaired) electrons. The van der Waals surface area contributed by atoms with Crippen molar-refractivity contribution in [2.24, 2.45) is 0 Å². The molecule has 0 heterocycles. The molecule has 1 N–H and O–H groups in total.